The quantitative estimate of drug-likeness (QED) is 0.171. The predicted molar refractivity (Wildman–Crippen MR) is 236 cm³/mol. The minimum Gasteiger partial charge on any atom is -0.333 e. The number of aromatic nitrogens is 2. The average molecular weight is 719 g/mol. The molecular weight excluding hydrogens is 677 g/mol. The molecule has 3 aliphatic carbocycles. The van der Waals surface area contributed by atoms with Gasteiger partial charge in [-0.05, 0) is 150 Å². The topological polar surface area (TPSA) is 9.86 Å². The Balaban J connectivity index is 1.14. The average Bonchev–Trinajstić information content (AvgIpc) is 3.75. The third-order valence-electron chi connectivity index (χ3n) is 13.1. The zero-order chi connectivity index (χ0) is 37.1. The molecule has 268 valence electrons. The lowest BCUT2D eigenvalue weighted by Crippen LogP contribution is -2.17. The highest BCUT2D eigenvalue weighted by atomic mass is 15.0. The van der Waals surface area contributed by atoms with Gasteiger partial charge in [-0.25, -0.2) is 0 Å². The first-order chi connectivity index (χ1) is 27.6. The molecule has 2 heteroatoms. The van der Waals surface area contributed by atoms with Gasteiger partial charge in [0.1, 0.15) is 0 Å². The van der Waals surface area contributed by atoms with Crippen molar-refractivity contribution in [2.24, 2.45) is 0 Å². The molecule has 7 aromatic carbocycles. The Labute approximate surface area is 327 Å². The van der Waals surface area contributed by atoms with E-state index in [2.05, 4.69) is 175 Å². The number of hydrogen-bond donors (Lipinski definition) is 0. The van der Waals surface area contributed by atoms with E-state index >= 15 is 0 Å². The molecular formula is C54H42N2. The number of rotatable bonds is 4. The minimum atomic E-state index is 0.287. The summed E-state index contributed by atoms with van der Waals surface area (Å²) in [6.45, 7) is 4.33. The van der Waals surface area contributed by atoms with Crippen LogP contribution < -0.4 is 0 Å². The van der Waals surface area contributed by atoms with Crippen LogP contribution in [-0.2, 0) is 25.7 Å². The highest BCUT2D eigenvalue weighted by molar-refractivity contribution is 6.16. The summed E-state index contributed by atoms with van der Waals surface area (Å²) in [4.78, 5) is 0. The van der Waals surface area contributed by atoms with Crippen molar-refractivity contribution in [1.29, 1.82) is 0 Å². The molecule has 2 nitrogen and oxygen atoms in total. The van der Waals surface area contributed by atoms with Crippen LogP contribution in [0.15, 0.2) is 152 Å². The van der Waals surface area contributed by atoms with E-state index < -0.39 is 0 Å². The van der Waals surface area contributed by atoms with E-state index in [1.54, 1.807) is 5.56 Å². The molecule has 0 aliphatic heterocycles. The van der Waals surface area contributed by atoms with E-state index in [4.69, 9.17) is 0 Å². The zero-order valence-electron chi connectivity index (χ0n) is 31.9. The van der Waals surface area contributed by atoms with E-state index in [1.807, 2.05) is 0 Å². The van der Waals surface area contributed by atoms with Gasteiger partial charge in [0.2, 0.25) is 0 Å². The molecule has 12 rings (SSSR count). The fourth-order valence-electron chi connectivity index (χ4n) is 10.5. The van der Waals surface area contributed by atoms with Gasteiger partial charge >= 0.3 is 0 Å². The molecule has 3 aliphatic rings. The van der Waals surface area contributed by atoms with Crippen molar-refractivity contribution in [1.82, 2.24) is 9.13 Å². The number of benzene rings is 7. The monoisotopic (exact) mass is 718 g/mol. The largest absolute Gasteiger partial charge is 0.333 e. The molecule has 0 spiro atoms. The summed E-state index contributed by atoms with van der Waals surface area (Å²) in [5.41, 5.74) is 23.5. The molecule has 0 bridgehead atoms. The molecule has 0 amide bonds. The summed E-state index contributed by atoms with van der Waals surface area (Å²) >= 11 is 0. The second kappa shape index (κ2) is 12.1. The standard InChI is InChI=1S/C54H42N2/c1-33-13-17-35(18-14-33)37-23-27-49-45(29-37)47-31-39-21-26-44-52-40(22-25-43(51(39)52)53(47)55(49)41-9-5-3-6-10-41)32-48-46-30-38(36-19-15-34(2)16-20-36)24-28-50(46)56(54(44)48)42-11-7-4-8-12-42/h3-11,13-20,23-24,27-32,42H,12,21-22,25-26H2,1-2H3. The van der Waals surface area contributed by atoms with Gasteiger partial charge in [0.25, 0.3) is 0 Å². The van der Waals surface area contributed by atoms with Crippen LogP contribution in [0.2, 0.25) is 0 Å². The Kier molecular flexibility index (Phi) is 6.87. The van der Waals surface area contributed by atoms with Gasteiger partial charge in [0.15, 0.2) is 0 Å². The van der Waals surface area contributed by atoms with Gasteiger partial charge < -0.3 is 9.13 Å². The van der Waals surface area contributed by atoms with E-state index in [9.17, 15) is 0 Å². The summed E-state index contributed by atoms with van der Waals surface area (Å²) in [6, 6.07) is 48.8. The molecule has 2 heterocycles. The van der Waals surface area contributed by atoms with Crippen LogP contribution in [0.25, 0.3) is 82.7 Å². The Hall–Kier alpha value is -6.38. The van der Waals surface area contributed by atoms with Gasteiger partial charge in [-0.15, -0.1) is 0 Å². The summed E-state index contributed by atoms with van der Waals surface area (Å²) in [6.07, 6.45) is 14.4. The van der Waals surface area contributed by atoms with Crippen molar-refractivity contribution in [3.05, 3.63) is 185 Å². The second-order valence-corrected chi connectivity index (χ2v) is 16.4. The maximum absolute atomic E-state index is 2.70. The smallest absolute Gasteiger partial charge is 0.0579 e. The predicted octanol–water partition coefficient (Wildman–Crippen LogP) is 13.8. The number of nitrogens with zero attached hydrogens (tertiary/aromatic N) is 2. The Morgan fingerprint density at radius 2 is 1.04 bits per heavy atom. The Bertz CT molecular complexity index is 3150. The fourth-order valence-corrected chi connectivity index (χ4v) is 10.5. The lowest BCUT2D eigenvalue weighted by atomic mass is 9.74. The van der Waals surface area contributed by atoms with Crippen LogP contribution in [-0.4, -0.2) is 9.13 Å². The SMILES string of the molecule is Cc1ccc(-c2ccc3c(c2)c2cc4c5c(c2n3-c2ccccc2)CCc2cc3c6cc(-c7ccc(C)cc7)ccc6n(C6C=CC=CC6)c3c(c2-5)CC4)cc1. The number of para-hydroxylation sites is 1. The molecule has 9 aromatic rings. The van der Waals surface area contributed by atoms with Crippen molar-refractivity contribution >= 4 is 43.6 Å². The van der Waals surface area contributed by atoms with Crippen LogP contribution in [0, 0.1) is 13.8 Å². The van der Waals surface area contributed by atoms with Crippen LogP contribution >= 0.6 is 0 Å². The summed E-state index contributed by atoms with van der Waals surface area (Å²) < 4.78 is 5.27. The lowest BCUT2D eigenvalue weighted by molar-refractivity contribution is 0.645. The Morgan fingerprint density at radius 3 is 1.64 bits per heavy atom. The maximum atomic E-state index is 2.70. The van der Waals surface area contributed by atoms with Gasteiger partial charge in [-0.3, -0.25) is 0 Å². The van der Waals surface area contributed by atoms with Gasteiger partial charge in [0, 0.05) is 32.7 Å². The molecule has 0 saturated carbocycles. The van der Waals surface area contributed by atoms with Gasteiger partial charge in [-0.1, -0.05) is 114 Å². The highest BCUT2D eigenvalue weighted by Gasteiger charge is 2.33. The molecule has 0 saturated heterocycles. The summed E-state index contributed by atoms with van der Waals surface area (Å²) in [5, 5.41) is 5.52. The number of aryl methyl sites for hydroxylation is 6. The third-order valence-corrected chi connectivity index (χ3v) is 13.1. The van der Waals surface area contributed by atoms with Gasteiger partial charge in [0.05, 0.1) is 22.6 Å². The third kappa shape index (κ3) is 4.62. The van der Waals surface area contributed by atoms with Crippen molar-refractivity contribution in [2.75, 3.05) is 0 Å². The molecule has 1 unspecified atom stereocenters. The van der Waals surface area contributed by atoms with E-state index in [1.165, 1.54) is 110 Å². The Morgan fingerprint density at radius 1 is 0.482 bits per heavy atom. The van der Waals surface area contributed by atoms with Crippen LogP contribution in [0.1, 0.15) is 45.8 Å². The fraction of sp³-hybridized carbons (Fsp3) is 0.148. The number of allylic oxidation sites excluding steroid dienone is 4. The molecule has 0 fully saturated rings. The minimum absolute atomic E-state index is 0.287. The molecule has 56 heavy (non-hydrogen) atoms. The van der Waals surface area contributed by atoms with Gasteiger partial charge in [-0.2, -0.15) is 0 Å². The number of hydrogen-bond acceptors (Lipinski definition) is 0. The van der Waals surface area contributed by atoms with E-state index in [-0.39, 0.29) is 6.04 Å². The first-order valence-corrected chi connectivity index (χ1v) is 20.4. The van der Waals surface area contributed by atoms with Crippen molar-refractivity contribution in [3.63, 3.8) is 0 Å². The van der Waals surface area contributed by atoms with Crippen molar-refractivity contribution in [3.8, 4) is 39.1 Å². The summed E-state index contributed by atoms with van der Waals surface area (Å²) in [5.74, 6) is 0. The molecule has 0 N–H and O–H groups in total. The van der Waals surface area contributed by atoms with Crippen LogP contribution in [0.5, 0.6) is 0 Å². The van der Waals surface area contributed by atoms with Crippen molar-refractivity contribution in [2.45, 2.75) is 52.0 Å². The summed E-state index contributed by atoms with van der Waals surface area (Å²) in [7, 11) is 0. The maximum Gasteiger partial charge on any atom is 0.0579 e. The first kappa shape index (κ1) is 31.9. The van der Waals surface area contributed by atoms with Crippen LogP contribution in [0.4, 0.5) is 0 Å². The zero-order valence-corrected chi connectivity index (χ0v) is 31.9. The molecule has 0 radical (unpaired) electrons. The second-order valence-electron chi connectivity index (χ2n) is 16.4. The van der Waals surface area contributed by atoms with Crippen molar-refractivity contribution < 1.29 is 0 Å². The molecule has 2 aromatic heterocycles. The molecule has 1 atom stereocenters. The lowest BCUT2D eigenvalue weighted by Gasteiger charge is -2.32. The first-order valence-electron chi connectivity index (χ1n) is 20.4. The van der Waals surface area contributed by atoms with E-state index in [0.717, 1.165) is 32.1 Å². The normalized spacial score (nSPS) is 15.7. The number of fused-ring (bicyclic) bond motifs is 8. The van der Waals surface area contributed by atoms with E-state index in [0.29, 0.717) is 0 Å². The highest BCUT2D eigenvalue weighted by Crippen LogP contribution is 2.52. The van der Waals surface area contributed by atoms with Crippen LogP contribution in [0.3, 0.4) is 0 Å².